The second kappa shape index (κ2) is 6.87. The first kappa shape index (κ1) is 19.4. The summed E-state index contributed by atoms with van der Waals surface area (Å²) in [5.41, 5.74) is -2.29. The molecule has 3 fully saturated rings. The van der Waals surface area contributed by atoms with Crippen LogP contribution < -0.4 is 0 Å². The molecular formula is C23H24N4O2. The van der Waals surface area contributed by atoms with Crippen LogP contribution in [-0.2, 0) is 15.9 Å². The van der Waals surface area contributed by atoms with Crippen molar-refractivity contribution < 1.29 is 9.47 Å². The summed E-state index contributed by atoms with van der Waals surface area (Å²) in [5.74, 6) is -1.45. The maximum atomic E-state index is 10.3. The second-order valence-corrected chi connectivity index (χ2v) is 8.43. The molecular weight excluding hydrogens is 364 g/mol. The lowest BCUT2D eigenvalue weighted by Gasteiger charge is -2.52. The van der Waals surface area contributed by atoms with E-state index < -0.39 is 28.6 Å². The number of hydrogen-bond donors (Lipinski definition) is 1. The first-order chi connectivity index (χ1) is 14.0. The van der Waals surface area contributed by atoms with Crippen molar-refractivity contribution in [3.63, 3.8) is 0 Å². The highest BCUT2D eigenvalue weighted by Gasteiger charge is 2.80. The molecule has 2 bridgehead atoms. The van der Waals surface area contributed by atoms with Crippen LogP contribution in [-0.4, -0.2) is 17.8 Å². The lowest BCUT2D eigenvalue weighted by molar-refractivity contribution is -0.296. The predicted molar refractivity (Wildman–Crippen MR) is 104 cm³/mol. The molecule has 0 spiro atoms. The summed E-state index contributed by atoms with van der Waals surface area (Å²) in [6.07, 6.45) is 3.28. The Kier molecular flexibility index (Phi) is 4.60. The normalized spacial score (nSPS) is 36.8. The molecule has 3 aliphatic rings. The van der Waals surface area contributed by atoms with E-state index in [2.05, 4.69) is 25.1 Å². The van der Waals surface area contributed by atoms with E-state index in [0.29, 0.717) is 31.6 Å². The van der Waals surface area contributed by atoms with Crippen LogP contribution in [0.25, 0.3) is 0 Å². The van der Waals surface area contributed by atoms with Gasteiger partial charge in [-0.05, 0) is 37.2 Å². The van der Waals surface area contributed by atoms with Crippen molar-refractivity contribution in [2.45, 2.75) is 57.3 Å². The van der Waals surface area contributed by atoms with Crippen molar-refractivity contribution in [1.29, 1.82) is 21.2 Å². The van der Waals surface area contributed by atoms with Crippen LogP contribution in [0.4, 0.5) is 0 Å². The fourth-order valence-electron chi connectivity index (χ4n) is 5.60. The van der Waals surface area contributed by atoms with Crippen molar-refractivity contribution >= 4 is 5.90 Å². The van der Waals surface area contributed by atoms with E-state index in [9.17, 15) is 15.8 Å². The van der Waals surface area contributed by atoms with Crippen molar-refractivity contribution in [3.8, 4) is 18.2 Å². The Morgan fingerprint density at radius 3 is 2.48 bits per heavy atom. The zero-order valence-corrected chi connectivity index (χ0v) is 16.5. The van der Waals surface area contributed by atoms with E-state index in [1.54, 1.807) is 0 Å². The number of ether oxygens (including phenoxy) is 2. The minimum absolute atomic E-state index is 0.271. The molecule has 1 aromatic rings. The van der Waals surface area contributed by atoms with E-state index in [0.717, 1.165) is 18.4 Å². The lowest BCUT2D eigenvalue weighted by atomic mass is 9.50. The molecule has 5 atom stereocenters. The SMILES string of the molecule is CCC1CCC23OC(=N)C(C#N)(C2C1)C(C#N)(C#N)C(CCc1ccccc1)O3. The highest BCUT2D eigenvalue weighted by atomic mass is 16.7. The van der Waals surface area contributed by atoms with Crippen LogP contribution in [0.2, 0.25) is 0 Å². The summed E-state index contributed by atoms with van der Waals surface area (Å²) in [6.45, 7) is 2.10. The molecule has 6 nitrogen and oxygen atoms in total. The predicted octanol–water partition coefficient (Wildman–Crippen LogP) is 4.09. The highest BCUT2D eigenvalue weighted by Crippen LogP contribution is 2.67. The molecule has 2 saturated heterocycles. The molecule has 6 heteroatoms. The van der Waals surface area contributed by atoms with Gasteiger partial charge in [0.2, 0.25) is 11.7 Å². The summed E-state index contributed by atoms with van der Waals surface area (Å²) in [4.78, 5) is 0. The Labute approximate surface area is 171 Å². The highest BCUT2D eigenvalue weighted by molar-refractivity contribution is 5.89. The fraction of sp³-hybridized carbons (Fsp3) is 0.565. The average Bonchev–Trinajstić information content (AvgIpc) is 2.96. The number of rotatable bonds is 4. The Balaban J connectivity index is 1.78. The fourth-order valence-corrected chi connectivity index (χ4v) is 5.60. The van der Waals surface area contributed by atoms with E-state index in [1.807, 2.05) is 30.3 Å². The van der Waals surface area contributed by atoms with E-state index in [1.165, 1.54) is 0 Å². The molecule has 0 aromatic heterocycles. The Bertz CT molecular complexity index is 926. The topological polar surface area (TPSA) is 114 Å². The van der Waals surface area contributed by atoms with Crippen molar-refractivity contribution in [2.24, 2.45) is 22.7 Å². The molecule has 4 rings (SSSR count). The minimum atomic E-state index is -1.77. The van der Waals surface area contributed by atoms with Gasteiger partial charge in [0.15, 0.2) is 10.8 Å². The van der Waals surface area contributed by atoms with Crippen LogP contribution in [0.15, 0.2) is 30.3 Å². The maximum absolute atomic E-state index is 10.3. The molecule has 148 valence electrons. The third kappa shape index (κ3) is 2.44. The van der Waals surface area contributed by atoms with E-state index >= 15 is 0 Å². The summed E-state index contributed by atoms with van der Waals surface area (Å²) in [7, 11) is 0. The van der Waals surface area contributed by atoms with Gasteiger partial charge >= 0.3 is 0 Å². The van der Waals surface area contributed by atoms with Gasteiger partial charge in [-0.25, -0.2) is 0 Å². The van der Waals surface area contributed by atoms with Crippen LogP contribution >= 0.6 is 0 Å². The molecule has 2 heterocycles. The summed E-state index contributed by atoms with van der Waals surface area (Å²) >= 11 is 0. The van der Waals surface area contributed by atoms with Gasteiger partial charge in [-0.15, -0.1) is 0 Å². The smallest absolute Gasteiger partial charge is 0.217 e. The zero-order chi connectivity index (χ0) is 20.7. The van der Waals surface area contributed by atoms with Crippen molar-refractivity contribution in [1.82, 2.24) is 0 Å². The molecule has 1 saturated carbocycles. The molecule has 1 aromatic carbocycles. The van der Waals surface area contributed by atoms with E-state index in [-0.39, 0.29) is 5.90 Å². The van der Waals surface area contributed by atoms with E-state index in [4.69, 9.17) is 14.9 Å². The molecule has 2 aliphatic heterocycles. The van der Waals surface area contributed by atoms with Crippen LogP contribution in [0.5, 0.6) is 0 Å². The third-order valence-electron chi connectivity index (χ3n) is 7.25. The summed E-state index contributed by atoms with van der Waals surface area (Å²) in [5, 5.41) is 39.3. The minimum Gasteiger partial charge on any atom is -0.447 e. The molecule has 5 unspecified atom stereocenters. The first-order valence-electron chi connectivity index (χ1n) is 10.3. The van der Waals surface area contributed by atoms with Gasteiger partial charge in [0.05, 0.1) is 30.2 Å². The quantitative estimate of drug-likeness (QED) is 0.834. The van der Waals surface area contributed by atoms with Crippen LogP contribution in [0, 0.1) is 62.1 Å². The second-order valence-electron chi connectivity index (χ2n) is 8.43. The number of benzene rings is 1. The number of nitrogens with zero attached hydrogens (tertiary/aromatic N) is 3. The van der Waals surface area contributed by atoms with Gasteiger partial charge in [-0.2, -0.15) is 15.8 Å². The number of nitriles is 3. The Hall–Kier alpha value is -2.88. The van der Waals surface area contributed by atoms with Gasteiger partial charge in [0.1, 0.15) is 0 Å². The van der Waals surface area contributed by atoms with Gasteiger partial charge in [0.25, 0.3) is 0 Å². The Morgan fingerprint density at radius 1 is 1.14 bits per heavy atom. The maximum Gasteiger partial charge on any atom is 0.217 e. The van der Waals surface area contributed by atoms with Gasteiger partial charge < -0.3 is 9.47 Å². The molecule has 1 N–H and O–H groups in total. The van der Waals surface area contributed by atoms with Crippen molar-refractivity contribution in [3.05, 3.63) is 35.9 Å². The number of nitrogens with one attached hydrogen (secondary N) is 1. The monoisotopic (exact) mass is 388 g/mol. The standard InChI is InChI=1S/C23H24N4O2/c1-2-16-10-11-23-18(12-16)22(15-26,20(27)29-23)21(13-24,14-25)19(28-23)9-8-17-6-4-3-5-7-17/h3-7,16,18-19,27H,2,8-12H2,1H3. The van der Waals surface area contributed by atoms with Crippen LogP contribution in [0.3, 0.4) is 0 Å². The average molecular weight is 388 g/mol. The van der Waals surface area contributed by atoms with Crippen LogP contribution in [0.1, 0.15) is 44.6 Å². The first-order valence-corrected chi connectivity index (χ1v) is 10.3. The summed E-state index contributed by atoms with van der Waals surface area (Å²) < 4.78 is 12.4. The number of aryl methyl sites for hydroxylation is 1. The molecule has 1 aliphatic carbocycles. The third-order valence-corrected chi connectivity index (χ3v) is 7.25. The lowest BCUT2D eigenvalue weighted by Crippen LogP contribution is -2.64. The largest absolute Gasteiger partial charge is 0.447 e. The molecule has 0 radical (unpaired) electrons. The van der Waals surface area contributed by atoms with Gasteiger partial charge in [0, 0.05) is 6.42 Å². The van der Waals surface area contributed by atoms with Gasteiger partial charge in [-0.3, -0.25) is 5.41 Å². The molecule has 29 heavy (non-hydrogen) atoms. The zero-order valence-electron chi connectivity index (χ0n) is 16.5. The van der Waals surface area contributed by atoms with Crippen molar-refractivity contribution in [2.75, 3.05) is 0 Å². The number of hydrogen-bond acceptors (Lipinski definition) is 6. The van der Waals surface area contributed by atoms with Gasteiger partial charge in [-0.1, -0.05) is 43.7 Å². The summed E-state index contributed by atoms with van der Waals surface area (Å²) in [6, 6.07) is 16.3. The molecule has 0 amide bonds. The Morgan fingerprint density at radius 2 is 1.86 bits per heavy atom.